The summed E-state index contributed by atoms with van der Waals surface area (Å²) < 4.78 is 28.5. The number of anilines is 1. The normalized spacial score (nSPS) is 11.3. The average molecular weight is 481 g/mol. The third-order valence-electron chi connectivity index (χ3n) is 3.35. The van der Waals surface area contributed by atoms with Gasteiger partial charge in [-0.15, -0.1) is 0 Å². The van der Waals surface area contributed by atoms with E-state index >= 15 is 0 Å². The Balaban J connectivity index is 1.86. The van der Waals surface area contributed by atoms with Crippen molar-refractivity contribution in [1.29, 1.82) is 0 Å². The smallest absolute Gasteiger partial charge is 0.240 e. The zero-order valence-electron chi connectivity index (χ0n) is 14.1. The zero-order valence-corrected chi connectivity index (χ0v) is 17.1. The van der Waals surface area contributed by atoms with Gasteiger partial charge in [0.05, 0.1) is 5.75 Å². The molecule has 3 aromatic rings. The van der Waals surface area contributed by atoms with Crippen molar-refractivity contribution < 1.29 is 8.42 Å². The Bertz CT molecular complexity index is 1020. The minimum absolute atomic E-state index is 0.0134. The fourth-order valence-electron chi connectivity index (χ4n) is 2.43. The average Bonchev–Trinajstić information content (AvgIpc) is 2.53. The van der Waals surface area contributed by atoms with Crippen molar-refractivity contribution in [2.75, 3.05) is 4.72 Å². The summed E-state index contributed by atoms with van der Waals surface area (Å²) in [5.74, 6) is 0.554. The molecule has 1 aromatic carbocycles. The Labute approximate surface area is 165 Å². The lowest BCUT2D eigenvalue weighted by molar-refractivity contribution is 0.600. The molecule has 134 valence electrons. The maximum Gasteiger partial charge on any atom is 0.240 e. The Morgan fingerprint density at radius 3 is 2.58 bits per heavy atom. The molecule has 0 aliphatic rings. The van der Waals surface area contributed by atoms with Gasteiger partial charge in [0.25, 0.3) is 0 Å². The van der Waals surface area contributed by atoms with Crippen molar-refractivity contribution in [3.05, 3.63) is 63.1 Å². The van der Waals surface area contributed by atoms with Crippen LogP contribution in [0.25, 0.3) is 11.5 Å². The number of aryl methyl sites for hydroxylation is 2. The Morgan fingerprint density at radius 1 is 1.08 bits per heavy atom. The Morgan fingerprint density at radius 2 is 1.88 bits per heavy atom. The summed E-state index contributed by atoms with van der Waals surface area (Å²) in [5, 5.41) is 0. The topological polar surface area (TPSA) is 97.7 Å². The summed E-state index contributed by atoms with van der Waals surface area (Å²) in [4.78, 5) is 16.7. The van der Waals surface area contributed by atoms with E-state index in [-0.39, 0.29) is 11.7 Å². The summed E-state index contributed by atoms with van der Waals surface area (Å²) in [6.07, 6.45) is 1.62. The molecule has 7 nitrogen and oxygen atoms in total. The Hall–Kier alpha value is -2.14. The lowest BCUT2D eigenvalue weighted by atomic mass is 10.2. The number of sulfonamides is 1. The first-order chi connectivity index (χ1) is 12.3. The van der Waals surface area contributed by atoms with Crippen LogP contribution >= 0.6 is 22.6 Å². The first kappa shape index (κ1) is 18.6. The van der Waals surface area contributed by atoms with E-state index in [2.05, 4.69) is 47.2 Å². The number of hydrogen-bond donors (Lipinski definition) is 1. The molecule has 0 amide bonds. The van der Waals surface area contributed by atoms with E-state index in [4.69, 9.17) is 0 Å². The van der Waals surface area contributed by atoms with Crippen LogP contribution in [0.4, 0.5) is 5.95 Å². The van der Waals surface area contributed by atoms with Crippen molar-refractivity contribution in [3.8, 4) is 11.5 Å². The molecule has 26 heavy (non-hydrogen) atoms. The summed E-state index contributed by atoms with van der Waals surface area (Å²) in [6.45, 7) is 3.61. The number of nitrogens with one attached hydrogen (secondary N) is 1. The van der Waals surface area contributed by atoms with E-state index in [0.717, 1.165) is 9.13 Å². The van der Waals surface area contributed by atoms with Crippen LogP contribution < -0.4 is 4.72 Å². The van der Waals surface area contributed by atoms with Crippen LogP contribution in [0.15, 0.2) is 42.6 Å². The fraction of sp³-hybridized carbons (Fsp3) is 0.176. The van der Waals surface area contributed by atoms with Gasteiger partial charge in [-0.2, -0.15) is 9.97 Å². The Kier molecular flexibility index (Phi) is 5.47. The second-order valence-corrected chi connectivity index (χ2v) is 8.71. The molecule has 0 saturated heterocycles. The van der Waals surface area contributed by atoms with E-state index < -0.39 is 10.0 Å². The molecule has 9 heteroatoms. The first-order valence-electron chi connectivity index (χ1n) is 7.71. The maximum atomic E-state index is 12.5. The lowest BCUT2D eigenvalue weighted by Gasteiger charge is -2.09. The van der Waals surface area contributed by atoms with Crippen LogP contribution in [0.2, 0.25) is 0 Å². The van der Waals surface area contributed by atoms with Gasteiger partial charge in [0, 0.05) is 9.77 Å². The number of pyridine rings is 1. The van der Waals surface area contributed by atoms with Crippen molar-refractivity contribution in [2.45, 2.75) is 19.6 Å². The molecule has 0 atom stereocenters. The minimum Gasteiger partial charge on any atom is -0.253 e. The van der Waals surface area contributed by atoms with Gasteiger partial charge in [-0.25, -0.2) is 13.4 Å². The largest absolute Gasteiger partial charge is 0.253 e. The fourth-order valence-corrected chi connectivity index (χ4v) is 4.37. The van der Waals surface area contributed by atoms with Gasteiger partial charge < -0.3 is 0 Å². The summed E-state index contributed by atoms with van der Waals surface area (Å²) in [6, 6.07) is 11.0. The highest BCUT2D eigenvalue weighted by Gasteiger charge is 2.16. The van der Waals surface area contributed by atoms with Crippen LogP contribution in [0.5, 0.6) is 0 Å². The van der Waals surface area contributed by atoms with Crippen LogP contribution in [0.1, 0.15) is 17.0 Å². The van der Waals surface area contributed by atoms with E-state index in [1.54, 1.807) is 25.3 Å². The molecule has 0 aliphatic heterocycles. The van der Waals surface area contributed by atoms with Crippen molar-refractivity contribution in [1.82, 2.24) is 19.9 Å². The van der Waals surface area contributed by atoms with E-state index in [1.165, 1.54) is 0 Å². The van der Waals surface area contributed by atoms with E-state index in [0.29, 0.717) is 22.9 Å². The molecule has 0 radical (unpaired) electrons. The predicted octanol–water partition coefficient (Wildman–Crippen LogP) is 3.10. The van der Waals surface area contributed by atoms with Crippen LogP contribution in [0.3, 0.4) is 0 Å². The third-order valence-corrected chi connectivity index (χ3v) is 5.18. The highest BCUT2D eigenvalue weighted by atomic mass is 127. The molecule has 2 aromatic heterocycles. The van der Waals surface area contributed by atoms with Gasteiger partial charge in [0.2, 0.25) is 16.0 Å². The summed E-state index contributed by atoms with van der Waals surface area (Å²) in [7, 11) is -3.66. The van der Waals surface area contributed by atoms with Gasteiger partial charge in [-0.05, 0) is 71.8 Å². The summed E-state index contributed by atoms with van der Waals surface area (Å²) >= 11 is 2.17. The van der Waals surface area contributed by atoms with Crippen molar-refractivity contribution in [2.24, 2.45) is 0 Å². The van der Waals surface area contributed by atoms with E-state index in [9.17, 15) is 8.42 Å². The molecule has 0 bridgehead atoms. The van der Waals surface area contributed by atoms with Crippen LogP contribution in [0, 0.1) is 17.4 Å². The van der Waals surface area contributed by atoms with Gasteiger partial charge in [-0.3, -0.25) is 9.71 Å². The number of rotatable bonds is 5. The van der Waals surface area contributed by atoms with Gasteiger partial charge >= 0.3 is 0 Å². The van der Waals surface area contributed by atoms with Gasteiger partial charge in [-0.1, -0.05) is 12.1 Å². The number of halogens is 1. The standard InChI is InChI=1S/C17H16IN5O2S/c1-11-7-13(9-14(18)8-11)10-26(24,25)23-17-21-12(2)20-16(22-17)15-5-3-4-6-19-15/h3-9H,10H2,1-2H3,(H,20,21,22,23). The minimum atomic E-state index is -3.66. The highest BCUT2D eigenvalue weighted by molar-refractivity contribution is 14.1. The predicted molar refractivity (Wildman–Crippen MR) is 108 cm³/mol. The molecule has 1 N–H and O–H groups in total. The zero-order chi connectivity index (χ0) is 18.7. The number of aromatic nitrogens is 4. The van der Waals surface area contributed by atoms with Gasteiger partial charge in [0.1, 0.15) is 11.5 Å². The SMILES string of the molecule is Cc1cc(I)cc(CS(=O)(=O)Nc2nc(C)nc(-c3ccccn3)n2)c1. The molecule has 0 spiro atoms. The van der Waals surface area contributed by atoms with Crippen molar-refractivity contribution >= 4 is 38.6 Å². The lowest BCUT2D eigenvalue weighted by Crippen LogP contribution is -2.18. The molecular weight excluding hydrogens is 465 g/mol. The first-order valence-corrected chi connectivity index (χ1v) is 10.4. The highest BCUT2D eigenvalue weighted by Crippen LogP contribution is 2.17. The molecular formula is C17H16IN5O2S. The van der Waals surface area contributed by atoms with E-state index in [1.807, 2.05) is 31.2 Å². The second-order valence-electron chi connectivity index (χ2n) is 5.74. The molecule has 0 saturated carbocycles. The van der Waals surface area contributed by atoms with Gasteiger partial charge in [0.15, 0.2) is 5.82 Å². The summed E-state index contributed by atoms with van der Waals surface area (Å²) in [5.41, 5.74) is 2.26. The van der Waals surface area contributed by atoms with Crippen LogP contribution in [-0.4, -0.2) is 28.4 Å². The number of hydrogen-bond acceptors (Lipinski definition) is 6. The molecule has 3 rings (SSSR count). The molecule has 0 fully saturated rings. The molecule has 0 aliphatic carbocycles. The molecule has 0 unspecified atom stereocenters. The molecule has 2 heterocycles. The monoisotopic (exact) mass is 481 g/mol. The number of nitrogens with zero attached hydrogens (tertiary/aromatic N) is 4. The second kappa shape index (κ2) is 7.62. The quantitative estimate of drug-likeness (QED) is 0.563. The third kappa shape index (κ3) is 4.94. The maximum absolute atomic E-state index is 12.5. The van der Waals surface area contributed by atoms with Crippen LogP contribution in [-0.2, 0) is 15.8 Å². The number of benzene rings is 1. The van der Waals surface area contributed by atoms with Crippen molar-refractivity contribution in [3.63, 3.8) is 0 Å².